The first-order valence-electron chi connectivity index (χ1n) is 23.4. The highest BCUT2D eigenvalue weighted by molar-refractivity contribution is 5.70. The third-order valence-electron chi connectivity index (χ3n) is 10.8. The van der Waals surface area contributed by atoms with E-state index >= 15 is 0 Å². The summed E-state index contributed by atoms with van der Waals surface area (Å²) in [4.78, 5) is 25.3. The average molecular weight is 811 g/mol. The average Bonchev–Trinajstić information content (AvgIpc) is 3.21. The third kappa shape index (κ3) is 30.0. The van der Waals surface area contributed by atoms with Crippen molar-refractivity contribution in [3.05, 3.63) is 24.3 Å². The van der Waals surface area contributed by atoms with Crippen molar-refractivity contribution in [1.82, 2.24) is 0 Å². The van der Waals surface area contributed by atoms with Gasteiger partial charge in [0.05, 0.1) is 13.2 Å². The van der Waals surface area contributed by atoms with Crippen molar-refractivity contribution in [3.8, 4) is 0 Å². The zero-order chi connectivity index (χ0) is 41.6. The molecule has 0 radical (unpaired) electrons. The molecule has 0 aromatic carbocycles. The first-order chi connectivity index (χ1) is 27.8. The number of allylic oxidation sites excluding steroid dienone is 4. The fraction of sp³-hybridized carbons (Fsp3) is 0.872. The van der Waals surface area contributed by atoms with E-state index in [0.717, 1.165) is 57.8 Å². The van der Waals surface area contributed by atoms with Crippen LogP contribution in [0.3, 0.4) is 0 Å². The summed E-state index contributed by atoms with van der Waals surface area (Å²) in [6, 6.07) is 0. The monoisotopic (exact) mass is 811 g/mol. The van der Waals surface area contributed by atoms with Gasteiger partial charge in [-0.2, -0.15) is 0 Å². The molecule has 0 bridgehead atoms. The van der Waals surface area contributed by atoms with E-state index in [9.17, 15) is 30.0 Å². The van der Waals surface area contributed by atoms with Crippen LogP contribution in [-0.2, 0) is 28.5 Å². The number of ether oxygens (including phenoxy) is 4. The van der Waals surface area contributed by atoms with Crippen LogP contribution in [0.2, 0.25) is 0 Å². The third-order valence-corrected chi connectivity index (χ3v) is 10.8. The molecule has 57 heavy (non-hydrogen) atoms. The van der Waals surface area contributed by atoms with Crippen molar-refractivity contribution in [1.29, 1.82) is 0 Å². The van der Waals surface area contributed by atoms with Gasteiger partial charge in [0.15, 0.2) is 12.4 Å². The number of hydrogen-bond acceptors (Lipinski definition) is 10. The maximum atomic E-state index is 12.8. The maximum absolute atomic E-state index is 12.8. The molecule has 1 aliphatic heterocycles. The van der Waals surface area contributed by atoms with Crippen molar-refractivity contribution in [3.63, 3.8) is 0 Å². The standard InChI is InChI=1S/C47H86O10/c1-3-5-7-9-11-13-15-17-18-19-20-21-22-24-25-27-29-31-33-35-42(49)54-38-40(39-55-47-46(53)45(52)44(51)41(37-48)57-47)56-43(50)36-34-32-30-28-26-23-16-14-12-10-8-6-4-2/h11,13,17-18,40-41,44-48,51-53H,3-10,12,14-16,19-39H2,1-2H3/b13-11+,18-17+/t40-,41-,44+,45?,46?,47-/m0/s1. The topological polar surface area (TPSA) is 152 Å². The molecule has 1 fully saturated rings. The van der Waals surface area contributed by atoms with E-state index in [4.69, 9.17) is 18.9 Å². The SMILES string of the molecule is CCCCC/C=C/C/C=C/CCCCCCCCCCCC(=O)OC[C@@H](CO[C@H]1O[C@@H](CO)[C@@H](O)C(O)C1O)OC(=O)CCCCCCCCCCCCCCC. The molecule has 10 nitrogen and oxygen atoms in total. The van der Waals surface area contributed by atoms with Crippen LogP contribution in [0, 0.1) is 0 Å². The van der Waals surface area contributed by atoms with E-state index in [1.807, 2.05) is 0 Å². The Kier molecular flexibility index (Phi) is 35.8. The predicted molar refractivity (Wildman–Crippen MR) is 229 cm³/mol. The zero-order valence-electron chi connectivity index (χ0n) is 36.3. The van der Waals surface area contributed by atoms with Crippen molar-refractivity contribution >= 4 is 11.9 Å². The van der Waals surface area contributed by atoms with Crippen LogP contribution in [0.5, 0.6) is 0 Å². The number of unbranched alkanes of at least 4 members (excludes halogenated alkanes) is 24. The largest absolute Gasteiger partial charge is 0.462 e. The van der Waals surface area contributed by atoms with Gasteiger partial charge in [-0.25, -0.2) is 0 Å². The van der Waals surface area contributed by atoms with Crippen molar-refractivity contribution in [2.75, 3.05) is 19.8 Å². The second kappa shape index (κ2) is 38.4. The van der Waals surface area contributed by atoms with Crippen LogP contribution in [0.15, 0.2) is 24.3 Å². The van der Waals surface area contributed by atoms with Crippen LogP contribution < -0.4 is 0 Å². The molecule has 1 aliphatic rings. The van der Waals surface area contributed by atoms with Crippen LogP contribution >= 0.6 is 0 Å². The Hall–Kier alpha value is -1.82. The molecule has 0 aliphatic carbocycles. The van der Waals surface area contributed by atoms with Crippen LogP contribution in [0.25, 0.3) is 0 Å². The fourth-order valence-corrected chi connectivity index (χ4v) is 7.10. The van der Waals surface area contributed by atoms with E-state index < -0.39 is 49.4 Å². The first-order valence-corrected chi connectivity index (χ1v) is 23.4. The minimum atomic E-state index is -1.59. The number of carbonyl (C=O) groups is 2. The molecule has 0 amide bonds. The molecule has 4 N–H and O–H groups in total. The number of esters is 2. The fourth-order valence-electron chi connectivity index (χ4n) is 7.10. The van der Waals surface area contributed by atoms with E-state index in [2.05, 4.69) is 38.2 Å². The summed E-state index contributed by atoms with van der Waals surface area (Å²) >= 11 is 0. The molecule has 10 heteroatoms. The van der Waals surface area contributed by atoms with Gasteiger partial charge >= 0.3 is 11.9 Å². The maximum Gasteiger partial charge on any atom is 0.306 e. The molecule has 0 saturated carbocycles. The Morgan fingerprint density at radius 3 is 1.49 bits per heavy atom. The minimum absolute atomic E-state index is 0.216. The number of hydrogen-bond donors (Lipinski definition) is 4. The first kappa shape index (κ1) is 53.2. The van der Waals surface area contributed by atoms with Gasteiger partial charge in [0.1, 0.15) is 31.0 Å². The second-order valence-electron chi connectivity index (χ2n) is 16.2. The molecule has 0 aromatic rings. The van der Waals surface area contributed by atoms with Crippen molar-refractivity contribution in [2.24, 2.45) is 0 Å². The lowest BCUT2D eigenvalue weighted by Gasteiger charge is -2.39. The van der Waals surface area contributed by atoms with Crippen molar-refractivity contribution in [2.45, 2.75) is 243 Å². The second-order valence-corrected chi connectivity index (χ2v) is 16.2. The summed E-state index contributed by atoms with van der Waals surface area (Å²) in [5.41, 5.74) is 0. The molecule has 334 valence electrons. The molecule has 1 saturated heterocycles. The van der Waals surface area contributed by atoms with E-state index in [1.54, 1.807) is 0 Å². The summed E-state index contributed by atoms with van der Waals surface area (Å²) in [6.45, 7) is 3.41. The Bertz CT molecular complexity index is 985. The van der Waals surface area contributed by atoms with Gasteiger partial charge < -0.3 is 39.4 Å². The van der Waals surface area contributed by atoms with E-state index in [0.29, 0.717) is 6.42 Å². The minimum Gasteiger partial charge on any atom is -0.462 e. The molecule has 1 heterocycles. The van der Waals surface area contributed by atoms with Crippen molar-refractivity contribution < 1.29 is 49.0 Å². The van der Waals surface area contributed by atoms with Crippen LogP contribution in [0.1, 0.15) is 206 Å². The van der Waals surface area contributed by atoms with E-state index in [-0.39, 0.29) is 32.0 Å². The van der Waals surface area contributed by atoms with Gasteiger partial charge in [0.25, 0.3) is 0 Å². The Morgan fingerprint density at radius 1 is 0.544 bits per heavy atom. The van der Waals surface area contributed by atoms with Gasteiger partial charge in [-0.1, -0.05) is 173 Å². The number of aliphatic hydroxyl groups is 4. The highest BCUT2D eigenvalue weighted by Gasteiger charge is 2.44. The molecule has 1 rings (SSSR count). The number of carbonyl (C=O) groups excluding carboxylic acids is 2. The van der Waals surface area contributed by atoms with Crippen LogP contribution in [-0.4, -0.2) is 89.0 Å². The lowest BCUT2D eigenvalue weighted by atomic mass is 9.99. The molecule has 2 unspecified atom stereocenters. The molecule has 0 aromatic heterocycles. The van der Waals surface area contributed by atoms with Gasteiger partial charge in [0, 0.05) is 12.8 Å². The lowest BCUT2D eigenvalue weighted by molar-refractivity contribution is -0.305. The van der Waals surface area contributed by atoms with Gasteiger partial charge in [-0.3, -0.25) is 9.59 Å². The van der Waals surface area contributed by atoms with Gasteiger partial charge in [0.2, 0.25) is 0 Å². The quantitative estimate of drug-likeness (QED) is 0.0268. The molecule has 6 atom stereocenters. The smallest absolute Gasteiger partial charge is 0.306 e. The predicted octanol–water partition coefficient (Wildman–Crippen LogP) is 10.1. The van der Waals surface area contributed by atoms with Gasteiger partial charge in [-0.15, -0.1) is 0 Å². The zero-order valence-corrected chi connectivity index (χ0v) is 36.3. The van der Waals surface area contributed by atoms with Gasteiger partial charge in [-0.05, 0) is 44.9 Å². The summed E-state index contributed by atoms with van der Waals surface area (Å²) in [5, 5.41) is 40.1. The Morgan fingerprint density at radius 2 is 0.982 bits per heavy atom. The summed E-state index contributed by atoms with van der Waals surface area (Å²) in [7, 11) is 0. The lowest BCUT2D eigenvalue weighted by Crippen LogP contribution is -2.59. The number of aliphatic hydroxyl groups excluding tert-OH is 4. The highest BCUT2D eigenvalue weighted by Crippen LogP contribution is 2.23. The van der Waals surface area contributed by atoms with Crippen LogP contribution in [0.4, 0.5) is 0 Å². The molecule has 0 spiro atoms. The molecular weight excluding hydrogens is 725 g/mol. The summed E-state index contributed by atoms with van der Waals surface area (Å²) < 4.78 is 22.2. The molecular formula is C47H86O10. The summed E-state index contributed by atoms with van der Waals surface area (Å²) in [5.74, 6) is -0.803. The Labute approximate surface area is 347 Å². The normalized spacial score (nSPS) is 20.4. The number of rotatable bonds is 39. The summed E-state index contributed by atoms with van der Waals surface area (Å²) in [6.07, 6.45) is 34.6. The van der Waals surface area contributed by atoms with E-state index in [1.165, 1.54) is 116 Å². The Balaban J connectivity index is 2.29. The highest BCUT2D eigenvalue weighted by atomic mass is 16.7.